The molecule has 1 aliphatic heterocycles. The van der Waals surface area contributed by atoms with Crippen LogP contribution in [0.5, 0.6) is 0 Å². The second kappa shape index (κ2) is 5.92. The molecule has 2 heterocycles. The molecule has 0 aromatic carbocycles. The summed E-state index contributed by atoms with van der Waals surface area (Å²) in [6.45, 7) is 9.16. The lowest BCUT2D eigenvalue weighted by atomic mass is 9.83. The van der Waals surface area contributed by atoms with Crippen LogP contribution in [0.3, 0.4) is 0 Å². The van der Waals surface area contributed by atoms with E-state index in [-0.39, 0.29) is 11.2 Å². The van der Waals surface area contributed by atoms with Gasteiger partial charge in [0, 0.05) is 25.2 Å². The minimum Gasteiger partial charge on any atom is -0.352 e. The van der Waals surface area contributed by atoms with Gasteiger partial charge in [0.25, 0.3) is 0 Å². The monoisotopic (exact) mass is 277 g/mol. The normalized spacial score (nSPS) is 16.2. The lowest BCUT2D eigenvalue weighted by Gasteiger charge is -2.33. The molecule has 0 unspecified atom stereocenters. The molecule has 110 valence electrons. The van der Waals surface area contributed by atoms with Crippen LogP contribution in [0.25, 0.3) is 0 Å². The van der Waals surface area contributed by atoms with Gasteiger partial charge >= 0.3 is 0 Å². The van der Waals surface area contributed by atoms with E-state index in [1.807, 2.05) is 7.05 Å². The molecule has 0 atom stereocenters. The molecule has 3 nitrogen and oxygen atoms in total. The minimum atomic E-state index is -0.276. The van der Waals surface area contributed by atoms with E-state index in [1.54, 1.807) is 6.07 Å². The van der Waals surface area contributed by atoms with Crippen molar-refractivity contribution in [3.05, 3.63) is 35.3 Å². The predicted octanol–water partition coefficient (Wildman–Crippen LogP) is 3.12. The van der Waals surface area contributed by atoms with Crippen molar-refractivity contribution >= 4 is 5.82 Å². The molecule has 0 saturated carbocycles. The highest BCUT2D eigenvalue weighted by atomic mass is 19.1. The summed E-state index contributed by atoms with van der Waals surface area (Å²) in [5.41, 5.74) is 2.64. The van der Waals surface area contributed by atoms with Crippen molar-refractivity contribution in [2.75, 3.05) is 25.0 Å². The average Bonchev–Trinajstić information content (AvgIpc) is 2.38. The predicted molar refractivity (Wildman–Crippen MR) is 81.3 cm³/mol. The first-order chi connectivity index (χ1) is 9.41. The Bertz CT molecular complexity index is 503. The van der Waals surface area contributed by atoms with Gasteiger partial charge < -0.3 is 10.2 Å². The molecule has 0 spiro atoms. The third-order valence-electron chi connectivity index (χ3n) is 3.75. The van der Waals surface area contributed by atoms with E-state index in [4.69, 9.17) is 0 Å². The summed E-state index contributed by atoms with van der Waals surface area (Å²) in [6.07, 6.45) is 4.64. The van der Waals surface area contributed by atoms with Crippen LogP contribution in [-0.2, 0) is 6.54 Å². The van der Waals surface area contributed by atoms with Crippen LogP contribution in [0.15, 0.2) is 23.9 Å². The van der Waals surface area contributed by atoms with Gasteiger partial charge in [-0.05, 0) is 24.9 Å². The second-order valence-corrected chi connectivity index (χ2v) is 6.34. The Kier molecular flexibility index (Phi) is 4.43. The molecule has 0 fully saturated rings. The summed E-state index contributed by atoms with van der Waals surface area (Å²) in [4.78, 5) is 6.51. The highest BCUT2D eigenvalue weighted by Gasteiger charge is 2.23. The molecule has 0 saturated heterocycles. The zero-order chi connectivity index (χ0) is 14.8. The van der Waals surface area contributed by atoms with Gasteiger partial charge in [-0.1, -0.05) is 32.4 Å². The number of pyridine rings is 1. The molecule has 0 bridgehead atoms. The number of anilines is 1. The van der Waals surface area contributed by atoms with Crippen LogP contribution in [-0.4, -0.2) is 25.1 Å². The zero-order valence-corrected chi connectivity index (χ0v) is 12.8. The van der Waals surface area contributed by atoms with Gasteiger partial charge in [-0.2, -0.15) is 0 Å². The van der Waals surface area contributed by atoms with Gasteiger partial charge in [-0.25, -0.2) is 9.37 Å². The number of nitrogens with zero attached hydrogens (tertiary/aromatic N) is 2. The van der Waals surface area contributed by atoms with Crippen LogP contribution < -0.4 is 10.2 Å². The summed E-state index contributed by atoms with van der Waals surface area (Å²) in [5, 5.41) is 3.07. The summed E-state index contributed by atoms with van der Waals surface area (Å²) < 4.78 is 13.3. The molecule has 20 heavy (non-hydrogen) atoms. The van der Waals surface area contributed by atoms with E-state index >= 15 is 0 Å². The van der Waals surface area contributed by atoms with Crippen molar-refractivity contribution in [3.8, 4) is 0 Å². The van der Waals surface area contributed by atoms with Crippen LogP contribution in [0.4, 0.5) is 10.2 Å². The van der Waals surface area contributed by atoms with Gasteiger partial charge in [-0.15, -0.1) is 0 Å². The minimum absolute atomic E-state index is 0.232. The van der Waals surface area contributed by atoms with Crippen molar-refractivity contribution in [2.24, 2.45) is 5.41 Å². The fraction of sp³-hybridized carbons (Fsp3) is 0.562. The van der Waals surface area contributed by atoms with Crippen LogP contribution in [0, 0.1) is 11.2 Å². The van der Waals surface area contributed by atoms with Crippen molar-refractivity contribution in [3.63, 3.8) is 0 Å². The quantitative estimate of drug-likeness (QED) is 0.860. The maximum Gasteiger partial charge on any atom is 0.141 e. The summed E-state index contributed by atoms with van der Waals surface area (Å²) in [6, 6.07) is 1.57. The number of hydrogen-bond acceptors (Lipinski definition) is 3. The Hall–Kier alpha value is -1.42. The zero-order valence-electron chi connectivity index (χ0n) is 12.8. The molecule has 0 aliphatic carbocycles. The van der Waals surface area contributed by atoms with E-state index in [9.17, 15) is 4.39 Å². The fourth-order valence-corrected chi connectivity index (χ4v) is 2.62. The number of aromatic nitrogens is 1. The Balaban J connectivity index is 2.20. The Morgan fingerprint density at radius 3 is 2.70 bits per heavy atom. The third kappa shape index (κ3) is 3.37. The molecule has 1 aromatic rings. The molecule has 0 amide bonds. The standard InChI is InChI=1S/C16H24FN3/c1-16(2,3)13-5-7-20(8-6-13)15-12(10-18-4)9-14(17)11-19-15/h5,9,11,18H,6-8,10H2,1-4H3. The van der Waals surface area contributed by atoms with E-state index < -0.39 is 0 Å². The summed E-state index contributed by atoms with van der Waals surface area (Å²) in [5.74, 6) is 0.617. The number of halogens is 1. The maximum atomic E-state index is 13.3. The number of nitrogens with one attached hydrogen (secondary N) is 1. The Morgan fingerprint density at radius 1 is 1.40 bits per heavy atom. The topological polar surface area (TPSA) is 28.2 Å². The fourth-order valence-electron chi connectivity index (χ4n) is 2.62. The third-order valence-corrected chi connectivity index (χ3v) is 3.75. The molecule has 1 N–H and O–H groups in total. The Labute approximate surface area is 120 Å². The average molecular weight is 277 g/mol. The highest BCUT2D eigenvalue weighted by Crippen LogP contribution is 2.31. The van der Waals surface area contributed by atoms with Gasteiger partial charge in [0.1, 0.15) is 11.6 Å². The maximum absolute atomic E-state index is 13.3. The first kappa shape index (κ1) is 15.0. The molecule has 1 aromatic heterocycles. The number of rotatable bonds is 3. The van der Waals surface area contributed by atoms with Gasteiger partial charge in [0.15, 0.2) is 0 Å². The molecular weight excluding hydrogens is 253 g/mol. The van der Waals surface area contributed by atoms with Crippen molar-refractivity contribution < 1.29 is 4.39 Å². The van der Waals surface area contributed by atoms with E-state index in [2.05, 4.69) is 42.0 Å². The smallest absolute Gasteiger partial charge is 0.141 e. The SMILES string of the molecule is CNCc1cc(F)cnc1N1CC=C(C(C)(C)C)CC1. The first-order valence-corrected chi connectivity index (χ1v) is 7.15. The van der Waals surface area contributed by atoms with Crippen molar-refractivity contribution in [1.29, 1.82) is 0 Å². The molecule has 4 heteroatoms. The molecular formula is C16H24FN3. The second-order valence-electron chi connectivity index (χ2n) is 6.34. The number of hydrogen-bond donors (Lipinski definition) is 1. The van der Waals surface area contributed by atoms with Crippen LogP contribution in [0.1, 0.15) is 32.8 Å². The highest BCUT2D eigenvalue weighted by molar-refractivity contribution is 5.49. The van der Waals surface area contributed by atoms with Crippen molar-refractivity contribution in [1.82, 2.24) is 10.3 Å². The molecule has 0 radical (unpaired) electrons. The molecule has 1 aliphatic rings. The van der Waals surface area contributed by atoms with E-state index in [1.165, 1.54) is 11.8 Å². The first-order valence-electron chi connectivity index (χ1n) is 7.15. The lowest BCUT2D eigenvalue weighted by Crippen LogP contribution is -2.33. The lowest BCUT2D eigenvalue weighted by molar-refractivity contribution is 0.472. The largest absolute Gasteiger partial charge is 0.352 e. The van der Waals surface area contributed by atoms with Gasteiger partial charge in [-0.3, -0.25) is 0 Å². The van der Waals surface area contributed by atoms with Crippen LogP contribution in [0.2, 0.25) is 0 Å². The Morgan fingerprint density at radius 2 is 2.15 bits per heavy atom. The summed E-state index contributed by atoms with van der Waals surface area (Å²) in [7, 11) is 1.86. The van der Waals surface area contributed by atoms with Crippen LogP contribution >= 0.6 is 0 Å². The van der Waals surface area contributed by atoms with Gasteiger partial charge in [0.05, 0.1) is 6.20 Å². The molecule has 2 rings (SSSR count). The summed E-state index contributed by atoms with van der Waals surface area (Å²) >= 11 is 0. The van der Waals surface area contributed by atoms with E-state index in [0.717, 1.165) is 30.9 Å². The van der Waals surface area contributed by atoms with E-state index in [0.29, 0.717) is 6.54 Å². The van der Waals surface area contributed by atoms with Crippen molar-refractivity contribution in [2.45, 2.75) is 33.7 Å². The van der Waals surface area contributed by atoms with Gasteiger partial charge in [0.2, 0.25) is 0 Å².